The minimum atomic E-state index is -0.423. The second kappa shape index (κ2) is 5.50. The molecule has 0 bridgehead atoms. The first-order valence-corrected chi connectivity index (χ1v) is 6.34. The fraction of sp³-hybridized carbons (Fsp3) is 0.143. The summed E-state index contributed by atoms with van der Waals surface area (Å²) in [6, 6.07) is 11.6. The third-order valence-corrected chi connectivity index (χ3v) is 2.99. The molecule has 94 valence electrons. The van der Waals surface area contributed by atoms with Gasteiger partial charge in [0.25, 0.3) is 0 Å². The maximum atomic E-state index is 13.7. The van der Waals surface area contributed by atoms with Crippen LogP contribution >= 0.6 is 15.9 Å². The van der Waals surface area contributed by atoms with Gasteiger partial charge in [0.1, 0.15) is 17.3 Å². The Balaban J connectivity index is 2.37. The lowest BCUT2D eigenvalue weighted by molar-refractivity contribution is 0.460. The lowest BCUT2D eigenvalue weighted by Gasteiger charge is -2.14. The Morgan fingerprint density at radius 1 is 1.22 bits per heavy atom. The maximum Gasteiger partial charge on any atom is 0.135 e. The molecule has 0 spiro atoms. The van der Waals surface area contributed by atoms with Gasteiger partial charge in [0.2, 0.25) is 0 Å². The van der Waals surface area contributed by atoms with Gasteiger partial charge in [-0.25, -0.2) is 4.39 Å². The van der Waals surface area contributed by atoms with E-state index in [-0.39, 0.29) is 5.82 Å². The summed E-state index contributed by atoms with van der Waals surface area (Å²) in [5.74, 6) is 0.734. The summed E-state index contributed by atoms with van der Waals surface area (Å²) >= 11 is 3.36. The molecule has 0 amide bonds. The van der Waals surface area contributed by atoms with Crippen LogP contribution in [0.4, 0.5) is 4.39 Å². The van der Waals surface area contributed by atoms with Crippen molar-refractivity contribution < 1.29 is 9.13 Å². The second-order valence-electron chi connectivity index (χ2n) is 4.00. The minimum Gasteiger partial charge on any atom is -0.457 e. The number of nitrogens with two attached hydrogens (primary N) is 1. The Kier molecular flexibility index (Phi) is 3.99. The van der Waals surface area contributed by atoms with E-state index in [0.717, 1.165) is 4.47 Å². The van der Waals surface area contributed by atoms with Gasteiger partial charge in [-0.15, -0.1) is 0 Å². The quantitative estimate of drug-likeness (QED) is 0.912. The Morgan fingerprint density at radius 3 is 2.61 bits per heavy atom. The summed E-state index contributed by atoms with van der Waals surface area (Å²) in [7, 11) is 0. The molecule has 0 aliphatic carbocycles. The molecule has 2 aromatic carbocycles. The first kappa shape index (κ1) is 13.1. The summed E-state index contributed by atoms with van der Waals surface area (Å²) in [6.45, 7) is 1.73. The molecule has 0 fully saturated rings. The van der Waals surface area contributed by atoms with E-state index in [1.54, 1.807) is 25.1 Å². The van der Waals surface area contributed by atoms with Crippen LogP contribution in [0.3, 0.4) is 0 Å². The van der Waals surface area contributed by atoms with Crippen molar-refractivity contribution >= 4 is 15.9 Å². The van der Waals surface area contributed by atoms with Crippen molar-refractivity contribution in [3.63, 3.8) is 0 Å². The smallest absolute Gasteiger partial charge is 0.135 e. The van der Waals surface area contributed by atoms with Crippen molar-refractivity contribution in [2.45, 2.75) is 13.0 Å². The zero-order valence-electron chi connectivity index (χ0n) is 9.86. The van der Waals surface area contributed by atoms with Gasteiger partial charge in [0.05, 0.1) is 0 Å². The van der Waals surface area contributed by atoms with Crippen molar-refractivity contribution in [2.24, 2.45) is 5.73 Å². The number of hydrogen-bond acceptors (Lipinski definition) is 2. The number of hydrogen-bond donors (Lipinski definition) is 1. The van der Waals surface area contributed by atoms with Crippen LogP contribution in [0.5, 0.6) is 11.5 Å². The molecule has 2 rings (SSSR count). The highest BCUT2D eigenvalue weighted by molar-refractivity contribution is 9.10. The SMILES string of the molecule is C[C@H](N)c1c(F)cccc1Oc1cccc(Br)c1. The highest BCUT2D eigenvalue weighted by Crippen LogP contribution is 2.31. The molecule has 0 heterocycles. The lowest BCUT2D eigenvalue weighted by Crippen LogP contribution is -2.09. The minimum absolute atomic E-state index is 0.350. The molecule has 0 aliphatic rings. The van der Waals surface area contributed by atoms with Crippen LogP contribution in [-0.2, 0) is 0 Å². The van der Waals surface area contributed by atoms with Gasteiger partial charge in [0, 0.05) is 16.1 Å². The fourth-order valence-electron chi connectivity index (χ4n) is 1.71. The Hall–Kier alpha value is -1.39. The van der Waals surface area contributed by atoms with Crippen LogP contribution in [0.2, 0.25) is 0 Å². The van der Waals surface area contributed by atoms with Crippen LogP contribution in [-0.4, -0.2) is 0 Å². The monoisotopic (exact) mass is 309 g/mol. The standard InChI is InChI=1S/C14H13BrFNO/c1-9(17)14-12(16)6-3-7-13(14)18-11-5-2-4-10(15)8-11/h2-9H,17H2,1H3/t9-/m0/s1. The molecule has 18 heavy (non-hydrogen) atoms. The van der Waals surface area contributed by atoms with Gasteiger partial charge in [0.15, 0.2) is 0 Å². The molecule has 0 saturated heterocycles. The third kappa shape index (κ3) is 2.89. The average Bonchev–Trinajstić information content (AvgIpc) is 2.28. The molecule has 0 unspecified atom stereocenters. The molecular formula is C14H13BrFNO. The highest BCUT2D eigenvalue weighted by Gasteiger charge is 2.14. The van der Waals surface area contributed by atoms with Crippen molar-refractivity contribution in [3.05, 3.63) is 58.3 Å². The van der Waals surface area contributed by atoms with Gasteiger partial charge < -0.3 is 10.5 Å². The maximum absolute atomic E-state index is 13.7. The van der Waals surface area contributed by atoms with E-state index in [4.69, 9.17) is 10.5 Å². The molecule has 2 aromatic rings. The van der Waals surface area contributed by atoms with E-state index in [1.165, 1.54) is 6.07 Å². The number of halogens is 2. The summed E-state index contributed by atoms with van der Waals surface area (Å²) in [5.41, 5.74) is 6.16. The van der Waals surface area contributed by atoms with E-state index in [1.807, 2.05) is 18.2 Å². The summed E-state index contributed by atoms with van der Waals surface area (Å²) in [4.78, 5) is 0. The molecule has 4 heteroatoms. The van der Waals surface area contributed by atoms with Crippen LogP contribution in [0.1, 0.15) is 18.5 Å². The predicted molar refractivity (Wildman–Crippen MR) is 73.2 cm³/mol. The normalized spacial score (nSPS) is 12.2. The first-order valence-electron chi connectivity index (χ1n) is 5.55. The molecule has 0 radical (unpaired) electrons. The molecule has 0 aromatic heterocycles. The van der Waals surface area contributed by atoms with Crippen molar-refractivity contribution in [1.82, 2.24) is 0 Å². The molecular weight excluding hydrogens is 297 g/mol. The van der Waals surface area contributed by atoms with E-state index < -0.39 is 6.04 Å². The Labute approximate surface area is 114 Å². The molecule has 1 atom stereocenters. The number of rotatable bonds is 3. The van der Waals surface area contributed by atoms with E-state index in [9.17, 15) is 4.39 Å². The van der Waals surface area contributed by atoms with E-state index in [0.29, 0.717) is 17.1 Å². The van der Waals surface area contributed by atoms with Crippen LogP contribution in [0.25, 0.3) is 0 Å². The largest absolute Gasteiger partial charge is 0.457 e. The van der Waals surface area contributed by atoms with Crippen molar-refractivity contribution in [1.29, 1.82) is 0 Å². The zero-order chi connectivity index (χ0) is 13.1. The molecule has 0 aliphatic heterocycles. The predicted octanol–water partition coefficient (Wildman–Crippen LogP) is 4.40. The van der Waals surface area contributed by atoms with Gasteiger partial charge in [-0.2, -0.15) is 0 Å². The van der Waals surface area contributed by atoms with Gasteiger partial charge >= 0.3 is 0 Å². The lowest BCUT2D eigenvalue weighted by atomic mass is 10.1. The number of benzene rings is 2. The number of ether oxygens (including phenoxy) is 1. The van der Waals surface area contributed by atoms with Gasteiger partial charge in [-0.3, -0.25) is 0 Å². The molecule has 2 N–H and O–H groups in total. The highest BCUT2D eigenvalue weighted by atomic mass is 79.9. The fourth-order valence-corrected chi connectivity index (χ4v) is 2.08. The Morgan fingerprint density at radius 2 is 1.94 bits per heavy atom. The summed E-state index contributed by atoms with van der Waals surface area (Å²) in [5, 5.41) is 0. The van der Waals surface area contributed by atoms with Gasteiger partial charge in [-0.1, -0.05) is 28.1 Å². The van der Waals surface area contributed by atoms with Crippen molar-refractivity contribution in [3.8, 4) is 11.5 Å². The topological polar surface area (TPSA) is 35.2 Å². The van der Waals surface area contributed by atoms with E-state index in [2.05, 4.69) is 15.9 Å². The first-order chi connectivity index (χ1) is 8.58. The third-order valence-electron chi connectivity index (χ3n) is 2.49. The van der Waals surface area contributed by atoms with Crippen molar-refractivity contribution in [2.75, 3.05) is 0 Å². The second-order valence-corrected chi connectivity index (χ2v) is 4.92. The van der Waals surface area contributed by atoms with Crippen LogP contribution in [0, 0.1) is 5.82 Å². The van der Waals surface area contributed by atoms with Crippen LogP contribution < -0.4 is 10.5 Å². The zero-order valence-corrected chi connectivity index (χ0v) is 11.4. The molecule has 2 nitrogen and oxygen atoms in total. The summed E-state index contributed by atoms with van der Waals surface area (Å²) in [6.07, 6.45) is 0. The van der Waals surface area contributed by atoms with E-state index >= 15 is 0 Å². The Bertz CT molecular complexity index is 557. The molecule has 0 saturated carbocycles. The average molecular weight is 310 g/mol. The summed E-state index contributed by atoms with van der Waals surface area (Å²) < 4.78 is 20.3. The van der Waals surface area contributed by atoms with Gasteiger partial charge in [-0.05, 0) is 37.3 Å². The van der Waals surface area contributed by atoms with Crippen LogP contribution in [0.15, 0.2) is 46.9 Å².